The Kier molecular flexibility index (Phi) is 6.07. The molecule has 29 heavy (non-hydrogen) atoms. The fourth-order valence-corrected chi connectivity index (χ4v) is 3.55. The molecule has 0 aliphatic carbocycles. The molecule has 3 rings (SSSR count). The smallest absolute Gasteiger partial charge is 0.336 e. The van der Waals surface area contributed by atoms with Gasteiger partial charge in [-0.2, -0.15) is 0 Å². The minimum atomic E-state index is -0.789. The van der Waals surface area contributed by atoms with E-state index < -0.39 is 23.8 Å². The third kappa shape index (κ3) is 4.04. The Morgan fingerprint density at radius 2 is 1.97 bits per heavy atom. The first-order valence-corrected chi connectivity index (χ1v) is 9.22. The van der Waals surface area contributed by atoms with Crippen LogP contribution in [0.4, 0.5) is 0 Å². The lowest BCUT2D eigenvalue weighted by molar-refractivity contribution is -0.144. The van der Waals surface area contributed by atoms with Crippen molar-refractivity contribution in [2.45, 2.75) is 19.8 Å². The van der Waals surface area contributed by atoms with Crippen LogP contribution in [-0.2, 0) is 19.1 Å². The molecule has 2 atom stereocenters. The summed E-state index contributed by atoms with van der Waals surface area (Å²) < 4.78 is 15.4. The van der Waals surface area contributed by atoms with Gasteiger partial charge in [0, 0.05) is 23.9 Å². The number of hydrogen-bond acceptors (Lipinski definition) is 9. The zero-order valence-electron chi connectivity index (χ0n) is 17.1. The Balaban J connectivity index is 2.11. The highest BCUT2D eigenvalue weighted by atomic mass is 16.6. The van der Waals surface area contributed by atoms with Crippen LogP contribution in [-0.4, -0.2) is 67.2 Å². The van der Waals surface area contributed by atoms with E-state index >= 15 is 0 Å². The average Bonchev–Trinajstić information content (AvgIpc) is 3.15. The molecule has 9 heteroatoms. The van der Waals surface area contributed by atoms with Crippen LogP contribution in [0, 0.1) is 5.92 Å². The second-order valence-corrected chi connectivity index (χ2v) is 7.15. The largest absolute Gasteiger partial charge is 0.468 e. The van der Waals surface area contributed by atoms with Crippen molar-refractivity contribution in [3.8, 4) is 0 Å². The maximum absolute atomic E-state index is 13.0. The molecule has 0 spiro atoms. The zero-order valence-corrected chi connectivity index (χ0v) is 17.1. The molecule has 2 aromatic rings. The van der Waals surface area contributed by atoms with Gasteiger partial charge in [-0.15, -0.1) is 0 Å². The maximum Gasteiger partial charge on any atom is 0.336 e. The van der Waals surface area contributed by atoms with Crippen LogP contribution in [0.2, 0.25) is 0 Å². The molecule has 0 N–H and O–H groups in total. The van der Waals surface area contributed by atoms with E-state index in [1.807, 2.05) is 19.0 Å². The van der Waals surface area contributed by atoms with E-state index in [1.165, 1.54) is 7.11 Å². The highest BCUT2D eigenvalue weighted by molar-refractivity contribution is 6.07. The number of aliphatic imine (C=N–C) groups is 1. The number of allylic oxidation sites excluding steroid dienone is 1. The zero-order chi connectivity index (χ0) is 21.1. The summed E-state index contributed by atoms with van der Waals surface area (Å²) in [7, 11) is 5.09. The molecule has 1 aromatic carbocycles. The van der Waals surface area contributed by atoms with Crippen molar-refractivity contribution in [1.82, 2.24) is 15.2 Å². The molecular formula is C20H24N4O5. The fraction of sp³-hybridized carbons (Fsp3) is 0.450. The molecule has 2 heterocycles. The standard InChI is InChI=1S/C20H24N4O5/c1-11-15(19(25)27-5)17(13-7-6-8-14-18(13)23-29-22-14)16(12(2)21-11)20(26)28-10-9-24(3)4/h6-8,15,17H,9-10H2,1-5H3. The van der Waals surface area contributed by atoms with Gasteiger partial charge in [-0.3, -0.25) is 9.79 Å². The Morgan fingerprint density at radius 3 is 2.66 bits per heavy atom. The summed E-state index contributed by atoms with van der Waals surface area (Å²) in [5, 5.41) is 7.85. The minimum absolute atomic E-state index is 0.219. The molecule has 1 aliphatic heterocycles. The van der Waals surface area contributed by atoms with E-state index in [9.17, 15) is 9.59 Å². The Hall–Kier alpha value is -3.07. The average molecular weight is 400 g/mol. The number of nitrogens with zero attached hydrogens (tertiary/aromatic N) is 4. The number of fused-ring (bicyclic) bond motifs is 1. The van der Waals surface area contributed by atoms with Gasteiger partial charge in [0.25, 0.3) is 0 Å². The SMILES string of the molecule is COC(=O)C1C(C)=NC(C)=C(C(=O)OCCN(C)C)C1c1cccc2nonc12. The number of esters is 2. The molecule has 1 aliphatic rings. The lowest BCUT2D eigenvalue weighted by Gasteiger charge is -2.31. The fourth-order valence-electron chi connectivity index (χ4n) is 3.55. The predicted octanol–water partition coefficient (Wildman–Crippen LogP) is 1.95. The van der Waals surface area contributed by atoms with Crippen LogP contribution in [0.1, 0.15) is 25.3 Å². The third-order valence-corrected chi connectivity index (χ3v) is 4.93. The quantitative estimate of drug-likeness (QED) is 0.677. The van der Waals surface area contributed by atoms with Gasteiger partial charge in [-0.05, 0) is 49.9 Å². The molecule has 1 aromatic heterocycles. The molecular weight excluding hydrogens is 376 g/mol. The lowest BCUT2D eigenvalue weighted by Crippen LogP contribution is -2.36. The number of aromatic nitrogens is 2. The van der Waals surface area contributed by atoms with Crippen LogP contribution < -0.4 is 0 Å². The summed E-state index contributed by atoms with van der Waals surface area (Å²) in [6.07, 6.45) is 0. The highest BCUT2D eigenvalue weighted by Gasteiger charge is 2.43. The molecule has 0 saturated carbocycles. The summed E-state index contributed by atoms with van der Waals surface area (Å²) >= 11 is 0. The van der Waals surface area contributed by atoms with Crippen LogP contribution >= 0.6 is 0 Å². The van der Waals surface area contributed by atoms with Gasteiger partial charge in [0.05, 0.1) is 12.7 Å². The summed E-state index contributed by atoms with van der Waals surface area (Å²) in [6, 6.07) is 5.33. The van der Waals surface area contributed by atoms with Crippen molar-refractivity contribution in [2.24, 2.45) is 10.9 Å². The van der Waals surface area contributed by atoms with Crippen molar-refractivity contribution < 1.29 is 23.7 Å². The maximum atomic E-state index is 13.0. The van der Waals surface area contributed by atoms with Crippen LogP contribution in [0.15, 0.2) is 39.1 Å². The number of rotatable bonds is 6. The van der Waals surface area contributed by atoms with Gasteiger partial charge < -0.3 is 14.4 Å². The number of ether oxygens (including phenoxy) is 2. The first kappa shape index (κ1) is 20.7. The van der Waals surface area contributed by atoms with Gasteiger partial charge >= 0.3 is 11.9 Å². The summed E-state index contributed by atoms with van der Waals surface area (Å²) in [6.45, 7) is 4.27. The number of hydrogen-bond donors (Lipinski definition) is 0. The molecule has 9 nitrogen and oxygen atoms in total. The first-order chi connectivity index (χ1) is 13.8. The van der Waals surface area contributed by atoms with Gasteiger partial charge in [-0.25, -0.2) is 9.42 Å². The number of benzene rings is 1. The Labute approximate surface area is 168 Å². The second-order valence-electron chi connectivity index (χ2n) is 7.15. The van der Waals surface area contributed by atoms with Crippen LogP contribution in [0.3, 0.4) is 0 Å². The predicted molar refractivity (Wildman–Crippen MR) is 105 cm³/mol. The monoisotopic (exact) mass is 400 g/mol. The molecule has 0 amide bonds. The van der Waals surface area contributed by atoms with Gasteiger partial charge in [0.1, 0.15) is 23.6 Å². The molecule has 0 fully saturated rings. The summed E-state index contributed by atoms with van der Waals surface area (Å²) in [5.41, 5.74) is 3.00. The number of carbonyl (C=O) groups excluding carboxylic acids is 2. The number of methoxy groups -OCH3 is 1. The van der Waals surface area contributed by atoms with Crippen LogP contribution in [0.5, 0.6) is 0 Å². The van der Waals surface area contributed by atoms with E-state index in [0.29, 0.717) is 40.1 Å². The number of likely N-dealkylation sites (N-methyl/N-ethyl adjacent to an activating group) is 1. The molecule has 0 saturated heterocycles. The number of carbonyl (C=O) groups is 2. The Bertz CT molecular complexity index is 992. The van der Waals surface area contributed by atoms with Crippen molar-refractivity contribution >= 4 is 28.7 Å². The Morgan fingerprint density at radius 1 is 1.21 bits per heavy atom. The minimum Gasteiger partial charge on any atom is -0.468 e. The van der Waals surface area contributed by atoms with Crippen molar-refractivity contribution in [1.29, 1.82) is 0 Å². The van der Waals surface area contributed by atoms with Gasteiger partial charge in [-0.1, -0.05) is 12.1 Å². The second kappa shape index (κ2) is 8.52. The lowest BCUT2D eigenvalue weighted by atomic mass is 9.75. The highest BCUT2D eigenvalue weighted by Crippen LogP contribution is 2.41. The summed E-state index contributed by atoms with van der Waals surface area (Å²) in [4.78, 5) is 32.1. The molecule has 154 valence electrons. The molecule has 2 unspecified atom stereocenters. The van der Waals surface area contributed by atoms with Gasteiger partial charge in [0.2, 0.25) is 0 Å². The van der Waals surface area contributed by atoms with E-state index in [0.717, 1.165) is 0 Å². The van der Waals surface area contributed by atoms with E-state index in [1.54, 1.807) is 32.0 Å². The normalized spacial score (nSPS) is 19.4. The topological polar surface area (TPSA) is 107 Å². The molecule has 0 radical (unpaired) electrons. The van der Waals surface area contributed by atoms with Gasteiger partial charge in [0.15, 0.2) is 0 Å². The molecule has 0 bridgehead atoms. The van der Waals surface area contributed by atoms with E-state index in [2.05, 4.69) is 15.3 Å². The van der Waals surface area contributed by atoms with E-state index in [4.69, 9.17) is 14.1 Å². The van der Waals surface area contributed by atoms with Crippen LogP contribution in [0.25, 0.3) is 11.0 Å². The van der Waals surface area contributed by atoms with Crippen molar-refractivity contribution in [2.75, 3.05) is 34.4 Å². The first-order valence-electron chi connectivity index (χ1n) is 9.22. The summed E-state index contributed by atoms with van der Waals surface area (Å²) in [5.74, 6) is -2.48. The van der Waals surface area contributed by atoms with Crippen molar-refractivity contribution in [3.63, 3.8) is 0 Å². The van der Waals surface area contributed by atoms with E-state index in [-0.39, 0.29) is 6.61 Å². The third-order valence-electron chi connectivity index (χ3n) is 4.93. The van der Waals surface area contributed by atoms with Crippen molar-refractivity contribution in [3.05, 3.63) is 35.0 Å².